The summed E-state index contributed by atoms with van der Waals surface area (Å²) in [6, 6.07) is 9.97. The summed E-state index contributed by atoms with van der Waals surface area (Å²) in [6.07, 6.45) is 4.11. The number of fused-ring (bicyclic) bond motifs is 1. The zero-order valence-electron chi connectivity index (χ0n) is 12.5. The number of likely N-dealkylation sites (tertiary alicyclic amines) is 1. The van der Waals surface area contributed by atoms with E-state index in [4.69, 9.17) is 0 Å². The molecule has 2 saturated heterocycles. The first-order chi connectivity index (χ1) is 9.86. The number of benzene rings is 1. The van der Waals surface area contributed by atoms with Crippen LogP contribution in [0.2, 0.25) is 0 Å². The predicted octanol–water partition coefficient (Wildman–Crippen LogP) is 2.99. The number of nitrogens with one attached hydrogen (secondary N) is 1. The first-order valence-corrected chi connectivity index (χ1v) is 8.39. The average molecular weight is 270 g/mol. The van der Waals surface area contributed by atoms with Gasteiger partial charge in [-0.3, -0.25) is 4.90 Å². The van der Waals surface area contributed by atoms with Crippen LogP contribution >= 0.6 is 0 Å². The fourth-order valence-electron chi connectivity index (χ4n) is 4.54. The van der Waals surface area contributed by atoms with Crippen molar-refractivity contribution in [2.24, 2.45) is 11.8 Å². The lowest BCUT2D eigenvalue weighted by Crippen LogP contribution is -2.34. The highest BCUT2D eigenvalue weighted by molar-refractivity contribution is 5.33. The molecule has 20 heavy (non-hydrogen) atoms. The van der Waals surface area contributed by atoms with Gasteiger partial charge in [-0.2, -0.15) is 0 Å². The Hall–Kier alpha value is -0.860. The van der Waals surface area contributed by atoms with Gasteiger partial charge in [0.15, 0.2) is 0 Å². The molecule has 1 aromatic carbocycles. The summed E-state index contributed by atoms with van der Waals surface area (Å²) in [4.78, 5) is 2.78. The van der Waals surface area contributed by atoms with Gasteiger partial charge in [-0.05, 0) is 61.2 Å². The summed E-state index contributed by atoms with van der Waals surface area (Å²) in [5.74, 6) is 2.66. The number of hydrogen-bond donors (Lipinski definition) is 1. The van der Waals surface area contributed by atoms with Crippen molar-refractivity contribution >= 4 is 0 Å². The Bertz CT molecular complexity index is 480. The zero-order chi connectivity index (χ0) is 13.5. The summed E-state index contributed by atoms with van der Waals surface area (Å²) < 4.78 is 0. The normalized spacial score (nSPS) is 33.5. The molecule has 0 amide bonds. The molecule has 1 aliphatic carbocycles. The van der Waals surface area contributed by atoms with E-state index in [9.17, 15) is 0 Å². The average Bonchev–Trinajstić information content (AvgIpc) is 3.12. The molecular formula is C18H26N2. The molecular weight excluding hydrogens is 244 g/mol. The van der Waals surface area contributed by atoms with Crippen molar-refractivity contribution in [3.63, 3.8) is 0 Å². The van der Waals surface area contributed by atoms with E-state index in [1.807, 2.05) is 0 Å². The van der Waals surface area contributed by atoms with E-state index >= 15 is 0 Å². The van der Waals surface area contributed by atoms with Crippen LogP contribution in [0.5, 0.6) is 0 Å². The van der Waals surface area contributed by atoms with Crippen molar-refractivity contribution < 1.29 is 0 Å². The Balaban J connectivity index is 1.54. The lowest BCUT2D eigenvalue weighted by atomic mass is 9.92. The molecule has 1 saturated carbocycles. The Kier molecular flexibility index (Phi) is 3.31. The molecule has 3 aliphatic rings. The first kappa shape index (κ1) is 12.8. The van der Waals surface area contributed by atoms with Gasteiger partial charge in [0.1, 0.15) is 0 Å². The molecule has 3 fully saturated rings. The monoisotopic (exact) mass is 270 g/mol. The third-order valence-corrected chi connectivity index (χ3v) is 5.69. The van der Waals surface area contributed by atoms with Crippen LogP contribution in [0.25, 0.3) is 0 Å². The Morgan fingerprint density at radius 3 is 2.85 bits per heavy atom. The number of hydrogen-bond acceptors (Lipinski definition) is 2. The van der Waals surface area contributed by atoms with Crippen molar-refractivity contribution in [3.05, 3.63) is 35.4 Å². The summed E-state index contributed by atoms with van der Waals surface area (Å²) in [7, 11) is 0. The lowest BCUT2D eigenvalue weighted by molar-refractivity contribution is 0.210. The van der Waals surface area contributed by atoms with Gasteiger partial charge >= 0.3 is 0 Å². The van der Waals surface area contributed by atoms with Gasteiger partial charge in [-0.1, -0.05) is 31.2 Å². The molecule has 4 rings (SSSR count). The second-order valence-electron chi connectivity index (χ2n) is 6.96. The SMILES string of the molecule is CCC1C2CNCC2CN1Cc1ccccc1C1CC1. The lowest BCUT2D eigenvalue weighted by Gasteiger charge is -2.27. The van der Waals surface area contributed by atoms with E-state index in [1.165, 1.54) is 45.4 Å². The Morgan fingerprint density at radius 1 is 1.20 bits per heavy atom. The highest BCUT2D eigenvalue weighted by Gasteiger charge is 2.43. The van der Waals surface area contributed by atoms with Gasteiger partial charge in [0.25, 0.3) is 0 Å². The second kappa shape index (κ2) is 5.16. The minimum absolute atomic E-state index is 0.794. The van der Waals surface area contributed by atoms with E-state index in [0.717, 1.165) is 23.8 Å². The van der Waals surface area contributed by atoms with E-state index in [0.29, 0.717) is 0 Å². The molecule has 2 heteroatoms. The van der Waals surface area contributed by atoms with Gasteiger partial charge in [-0.25, -0.2) is 0 Å². The molecule has 0 radical (unpaired) electrons. The summed E-state index contributed by atoms with van der Waals surface area (Å²) in [6.45, 7) is 7.32. The van der Waals surface area contributed by atoms with Crippen LogP contribution in [0.4, 0.5) is 0 Å². The van der Waals surface area contributed by atoms with Gasteiger partial charge in [-0.15, -0.1) is 0 Å². The maximum atomic E-state index is 3.59. The maximum Gasteiger partial charge on any atom is 0.0239 e. The van der Waals surface area contributed by atoms with Gasteiger partial charge in [0.2, 0.25) is 0 Å². The predicted molar refractivity (Wildman–Crippen MR) is 82.8 cm³/mol. The molecule has 2 nitrogen and oxygen atoms in total. The van der Waals surface area contributed by atoms with Gasteiger partial charge in [0.05, 0.1) is 0 Å². The minimum Gasteiger partial charge on any atom is -0.316 e. The van der Waals surface area contributed by atoms with Crippen LogP contribution in [-0.2, 0) is 6.54 Å². The van der Waals surface area contributed by atoms with E-state index < -0.39 is 0 Å². The topological polar surface area (TPSA) is 15.3 Å². The van der Waals surface area contributed by atoms with Crippen molar-refractivity contribution in [2.45, 2.75) is 44.7 Å². The van der Waals surface area contributed by atoms with Crippen LogP contribution in [0, 0.1) is 11.8 Å². The van der Waals surface area contributed by atoms with Crippen LogP contribution in [-0.4, -0.2) is 30.6 Å². The van der Waals surface area contributed by atoms with Crippen molar-refractivity contribution in [1.29, 1.82) is 0 Å². The summed E-state index contributed by atoms with van der Waals surface area (Å²) in [5, 5.41) is 3.59. The molecule has 2 aliphatic heterocycles. The van der Waals surface area contributed by atoms with Crippen LogP contribution in [0.3, 0.4) is 0 Å². The highest BCUT2D eigenvalue weighted by atomic mass is 15.2. The molecule has 2 heterocycles. The van der Waals surface area contributed by atoms with E-state index in [-0.39, 0.29) is 0 Å². The van der Waals surface area contributed by atoms with Crippen LogP contribution < -0.4 is 5.32 Å². The Labute approximate surface area is 122 Å². The van der Waals surface area contributed by atoms with Crippen molar-refractivity contribution in [2.75, 3.05) is 19.6 Å². The minimum atomic E-state index is 0.794. The van der Waals surface area contributed by atoms with Crippen molar-refractivity contribution in [1.82, 2.24) is 10.2 Å². The van der Waals surface area contributed by atoms with Gasteiger partial charge in [0, 0.05) is 19.1 Å². The van der Waals surface area contributed by atoms with Gasteiger partial charge < -0.3 is 5.32 Å². The fourth-order valence-corrected chi connectivity index (χ4v) is 4.54. The highest BCUT2D eigenvalue weighted by Crippen LogP contribution is 2.43. The number of nitrogens with zero attached hydrogens (tertiary/aromatic N) is 1. The van der Waals surface area contributed by atoms with E-state index in [1.54, 1.807) is 11.1 Å². The quantitative estimate of drug-likeness (QED) is 0.905. The zero-order valence-corrected chi connectivity index (χ0v) is 12.5. The van der Waals surface area contributed by atoms with E-state index in [2.05, 4.69) is 41.4 Å². The molecule has 3 atom stereocenters. The third kappa shape index (κ3) is 2.19. The second-order valence-corrected chi connectivity index (χ2v) is 6.96. The third-order valence-electron chi connectivity index (χ3n) is 5.69. The maximum absolute atomic E-state index is 3.59. The summed E-state index contributed by atoms with van der Waals surface area (Å²) in [5.41, 5.74) is 3.24. The molecule has 108 valence electrons. The molecule has 0 bridgehead atoms. The number of rotatable bonds is 4. The largest absolute Gasteiger partial charge is 0.316 e. The molecule has 0 aromatic heterocycles. The molecule has 3 unspecified atom stereocenters. The molecule has 0 spiro atoms. The Morgan fingerprint density at radius 2 is 2.05 bits per heavy atom. The molecule has 1 aromatic rings. The van der Waals surface area contributed by atoms with Crippen LogP contribution in [0.1, 0.15) is 43.2 Å². The first-order valence-electron chi connectivity index (χ1n) is 8.39. The summed E-state index contributed by atoms with van der Waals surface area (Å²) >= 11 is 0. The molecule has 1 N–H and O–H groups in total. The standard InChI is InChI=1S/C18H26N2/c1-2-18-17-10-19-9-15(17)12-20(18)11-14-5-3-4-6-16(14)13-7-8-13/h3-6,13,15,17-19H,2,7-12H2,1H3. The van der Waals surface area contributed by atoms with Crippen molar-refractivity contribution in [3.8, 4) is 0 Å². The smallest absolute Gasteiger partial charge is 0.0239 e. The van der Waals surface area contributed by atoms with Crippen LogP contribution in [0.15, 0.2) is 24.3 Å². The fraction of sp³-hybridized carbons (Fsp3) is 0.667.